The minimum atomic E-state index is -0.850. The van der Waals surface area contributed by atoms with E-state index in [1.165, 1.54) is 12.1 Å². The van der Waals surface area contributed by atoms with Gasteiger partial charge in [-0.3, -0.25) is 9.59 Å². The number of carboxylic acid groups (broad SMARTS) is 1. The third kappa shape index (κ3) is 3.35. The molecular formula is C15H18FNO3. The largest absolute Gasteiger partial charge is 0.481 e. The molecule has 2 atom stereocenters. The lowest BCUT2D eigenvalue weighted by atomic mass is 9.95. The van der Waals surface area contributed by atoms with Crippen molar-refractivity contribution in [2.75, 3.05) is 6.54 Å². The molecule has 0 aromatic heterocycles. The number of benzene rings is 1. The van der Waals surface area contributed by atoms with Crippen LogP contribution < -0.4 is 0 Å². The van der Waals surface area contributed by atoms with E-state index in [1.54, 1.807) is 17.0 Å². The summed E-state index contributed by atoms with van der Waals surface area (Å²) in [5.74, 6) is -1.63. The number of piperidine rings is 1. The number of hydrogen-bond donors (Lipinski definition) is 1. The Morgan fingerprint density at radius 1 is 1.45 bits per heavy atom. The van der Waals surface area contributed by atoms with Crippen LogP contribution in [-0.2, 0) is 16.0 Å². The van der Waals surface area contributed by atoms with Crippen molar-refractivity contribution in [3.8, 4) is 0 Å². The zero-order valence-corrected chi connectivity index (χ0v) is 11.4. The Balaban J connectivity index is 2.03. The molecule has 0 spiro atoms. The molecule has 4 nitrogen and oxygen atoms in total. The standard InChI is InChI=1S/C15H18FNO3/c1-10(8-11-2-5-13(16)6-3-11)17-9-12(15(19)20)4-7-14(17)18/h2-3,5-6,10,12H,4,7-9H2,1H3,(H,19,20). The summed E-state index contributed by atoms with van der Waals surface area (Å²) in [6, 6.07) is 6.07. The lowest BCUT2D eigenvalue weighted by Crippen LogP contribution is -2.47. The van der Waals surface area contributed by atoms with Gasteiger partial charge < -0.3 is 10.0 Å². The molecule has 1 aromatic rings. The number of nitrogens with zero attached hydrogens (tertiary/aromatic N) is 1. The number of likely N-dealkylation sites (tertiary alicyclic amines) is 1. The van der Waals surface area contributed by atoms with Gasteiger partial charge in [0.2, 0.25) is 5.91 Å². The molecule has 1 heterocycles. The average Bonchev–Trinajstić information content (AvgIpc) is 2.41. The van der Waals surface area contributed by atoms with E-state index < -0.39 is 11.9 Å². The molecule has 1 amide bonds. The van der Waals surface area contributed by atoms with E-state index in [2.05, 4.69) is 0 Å². The Morgan fingerprint density at radius 2 is 2.10 bits per heavy atom. The average molecular weight is 279 g/mol. The van der Waals surface area contributed by atoms with E-state index in [0.29, 0.717) is 12.8 Å². The fraction of sp³-hybridized carbons (Fsp3) is 0.467. The topological polar surface area (TPSA) is 57.6 Å². The van der Waals surface area contributed by atoms with E-state index in [4.69, 9.17) is 5.11 Å². The molecular weight excluding hydrogens is 261 g/mol. The lowest BCUT2D eigenvalue weighted by molar-refractivity contribution is -0.148. The van der Waals surface area contributed by atoms with Crippen molar-refractivity contribution in [1.29, 1.82) is 0 Å². The first-order valence-corrected chi connectivity index (χ1v) is 6.74. The predicted molar refractivity (Wildman–Crippen MR) is 71.6 cm³/mol. The maximum Gasteiger partial charge on any atom is 0.308 e. The second-order valence-corrected chi connectivity index (χ2v) is 5.30. The quantitative estimate of drug-likeness (QED) is 0.918. The normalized spacial score (nSPS) is 20.8. The molecule has 1 N–H and O–H groups in total. The molecule has 2 unspecified atom stereocenters. The Labute approximate surface area is 117 Å². The lowest BCUT2D eigenvalue weighted by Gasteiger charge is -2.35. The fourth-order valence-corrected chi connectivity index (χ4v) is 2.57. The Hall–Kier alpha value is -1.91. The molecule has 1 fully saturated rings. The maximum atomic E-state index is 12.9. The molecule has 2 rings (SSSR count). The first kappa shape index (κ1) is 14.5. The van der Waals surface area contributed by atoms with Crippen molar-refractivity contribution in [1.82, 2.24) is 4.90 Å². The van der Waals surface area contributed by atoms with Crippen molar-refractivity contribution in [2.24, 2.45) is 5.92 Å². The molecule has 0 saturated carbocycles. The Bertz CT molecular complexity index is 500. The Kier molecular flexibility index (Phi) is 4.37. The van der Waals surface area contributed by atoms with Gasteiger partial charge in [-0.05, 0) is 37.5 Å². The van der Waals surface area contributed by atoms with Gasteiger partial charge in [0.15, 0.2) is 0 Å². The van der Waals surface area contributed by atoms with E-state index >= 15 is 0 Å². The van der Waals surface area contributed by atoms with Crippen molar-refractivity contribution in [3.63, 3.8) is 0 Å². The number of amides is 1. The molecule has 1 aliphatic rings. The van der Waals surface area contributed by atoms with Crippen LogP contribution in [-0.4, -0.2) is 34.5 Å². The zero-order valence-electron chi connectivity index (χ0n) is 11.4. The van der Waals surface area contributed by atoms with Crippen molar-refractivity contribution in [3.05, 3.63) is 35.6 Å². The summed E-state index contributed by atoms with van der Waals surface area (Å²) in [6.45, 7) is 2.15. The van der Waals surface area contributed by atoms with Gasteiger partial charge in [-0.25, -0.2) is 4.39 Å². The molecule has 0 aliphatic carbocycles. The van der Waals surface area contributed by atoms with Crippen LogP contribution in [0, 0.1) is 11.7 Å². The predicted octanol–water partition coefficient (Wildman–Crippen LogP) is 2.08. The van der Waals surface area contributed by atoms with Crippen LogP contribution in [0.25, 0.3) is 0 Å². The van der Waals surface area contributed by atoms with Gasteiger partial charge in [0, 0.05) is 19.0 Å². The summed E-state index contributed by atoms with van der Waals surface area (Å²) in [7, 11) is 0. The maximum absolute atomic E-state index is 12.9. The molecule has 1 aromatic carbocycles. The zero-order chi connectivity index (χ0) is 14.7. The molecule has 1 saturated heterocycles. The van der Waals surface area contributed by atoms with Crippen LogP contribution in [0.15, 0.2) is 24.3 Å². The molecule has 0 radical (unpaired) electrons. The summed E-state index contributed by atoms with van der Waals surface area (Å²) >= 11 is 0. The molecule has 1 aliphatic heterocycles. The summed E-state index contributed by atoms with van der Waals surface area (Å²) in [5, 5.41) is 9.06. The number of carbonyl (C=O) groups is 2. The van der Waals surface area contributed by atoms with Gasteiger partial charge in [-0.15, -0.1) is 0 Å². The second-order valence-electron chi connectivity index (χ2n) is 5.30. The molecule has 108 valence electrons. The smallest absolute Gasteiger partial charge is 0.308 e. The fourth-order valence-electron chi connectivity index (χ4n) is 2.57. The first-order chi connectivity index (χ1) is 9.47. The summed E-state index contributed by atoms with van der Waals surface area (Å²) in [4.78, 5) is 24.6. The third-order valence-corrected chi connectivity index (χ3v) is 3.77. The second kappa shape index (κ2) is 6.03. The highest BCUT2D eigenvalue weighted by Gasteiger charge is 2.32. The Morgan fingerprint density at radius 3 is 2.70 bits per heavy atom. The SMILES string of the molecule is CC(Cc1ccc(F)cc1)N1CC(C(=O)O)CCC1=O. The monoisotopic (exact) mass is 279 g/mol. The van der Waals surface area contributed by atoms with Gasteiger partial charge in [-0.1, -0.05) is 12.1 Å². The number of hydrogen-bond acceptors (Lipinski definition) is 2. The van der Waals surface area contributed by atoms with E-state index in [0.717, 1.165) is 5.56 Å². The molecule has 5 heteroatoms. The number of carboxylic acids is 1. The van der Waals surface area contributed by atoms with Crippen LogP contribution in [0.2, 0.25) is 0 Å². The van der Waals surface area contributed by atoms with Crippen LogP contribution in [0.4, 0.5) is 4.39 Å². The van der Waals surface area contributed by atoms with Crippen LogP contribution in [0.3, 0.4) is 0 Å². The van der Waals surface area contributed by atoms with Gasteiger partial charge >= 0.3 is 5.97 Å². The van der Waals surface area contributed by atoms with Crippen molar-refractivity contribution in [2.45, 2.75) is 32.2 Å². The van der Waals surface area contributed by atoms with Gasteiger partial charge in [0.05, 0.1) is 5.92 Å². The summed E-state index contributed by atoms with van der Waals surface area (Å²) in [5.41, 5.74) is 0.934. The highest BCUT2D eigenvalue weighted by molar-refractivity contribution is 5.80. The van der Waals surface area contributed by atoms with Crippen LogP contribution >= 0.6 is 0 Å². The van der Waals surface area contributed by atoms with E-state index in [9.17, 15) is 14.0 Å². The van der Waals surface area contributed by atoms with Crippen LogP contribution in [0.1, 0.15) is 25.3 Å². The number of aliphatic carboxylic acids is 1. The van der Waals surface area contributed by atoms with Gasteiger partial charge in [0.1, 0.15) is 5.82 Å². The van der Waals surface area contributed by atoms with Gasteiger partial charge in [-0.2, -0.15) is 0 Å². The summed E-state index contributed by atoms with van der Waals surface area (Å²) in [6.07, 6.45) is 1.29. The summed E-state index contributed by atoms with van der Waals surface area (Å²) < 4.78 is 12.9. The van der Waals surface area contributed by atoms with Crippen molar-refractivity contribution < 1.29 is 19.1 Å². The van der Waals surface area contributed by atoms with E-state index in [1.807, 2.05) is 6.92 Å². The van der Waals surface area contributed by atoms with Crippen LogP contribution in [0.5, 0.6) is 0 Å². The van der Waals surface area contributed by atoms with Crippen molar-refractivity contribution >= 4 is 11.9 Å². The number of rotatable bonds is 4. The highest BCUT2D eigenvalue weighted by Crippen LogP contribution is 2.21. The third-order valence-electron chi connectivity index (χ3n) is 3.77. The van der Waals surface area contributed by atoms with Gasteiger partial charge in [0.25, 0.3) is 0 Å². The number of halogens is 1. The number of carbonyl (C=O) groups excluding carboxylic acids is 1. The van der Waals surface area contributed by atoms with E-state index in [-0.39, 0.29) is 30.7 Å². The minimum Gasteiger partial charge on any atom is -0.481 e. The highest BCUT2D eigenvalue weighted by atomic mass is 19.1. The first-order valence-electron chi connectivity index (χ1n) is 6.74. The molecule has 20 heavy (non-hydrogen) atoms. The molecule has 0 bridgehead atoms. The minimum absolute atomic E-state index is 0.00267.